The van der Waals surface area contributed by atoms with Crippen molar-refractivity contribution in [2.75, 3.05) is 13.2 Å². The molecule has 4 aromatic rings. The Morgan fingerprint density at radius 1 is 0.761 bits per heavy atom. The molecule has 0 amide bonds. The molecule has 22 heteroatoms. The summed E-state index contributed by atoms with van der Waals surface area (Å²) in [4.78, 5) is 8.45. The Labute approximate surface area is 285 Å². The van der Waals surface area contributed by atoms with Gasteiger partial charge < -0.3 is 27.7 Å². The molecule has 3 aliphatic heterocycles. The molecule has 0 saturated carbocycles. The lowest BCUT2D eigenvalue weighted by atomic mass is 10.1. The highest BCUT2D eigenvalue weighted by atomic mass is 35.5. The smallest absolute Gasteiger partial charge is 0.346 e. The Morgan fingerprint density at radius 2 is 1.20 bits per heavy atom. The molecule has 10 atom stereocenters. The maximum atomic E-state index is 16.1. The third-order valence-electron chi connectivity index (χ3n) is 7.76. The van der Waals surface area contributed by atoms with Crippen LogP contribution in [0.5, 0.6) is 0 Å². The van der Waals surface area contributed by atoms with Gasteiger partial charge in [-0.25, -0.2) is 23.3 Å². The Bertz CT molecular complexity index is 1810. The average molecular weight is 778 g/mol. The number of hydrogen-bond acceptors (Lipinski definition) is 10. The van der Waals surface area contributed by atoms with E-state index in [4.69, 9.17) is 74.0 Å². The van der Waals surface area contributed by atoms with Crippen LogP contribution in [-0.2, 0) is 36.7 Å². The highest BCUT2D eigenvalue weighted by Crippen LogP contribution is 2.58. The number of fused-ring (bicyclic) bond motifs is 4. The lowest BCUT2D eigenvalue weighted by Crippen LogP contribution is -2.37. The number of imidazole rings is 2. The highest BCUT2D eigenvalue weighted by Gasteiger charge is 2.54. The second-order valence-corrected chi connectivity index (χ2v) is 17.3. The van der Waals surface area contributed by atoms with Gasteiger partial charge in [-0.1, -0.05) is 58.7 Å². The molecule has 7 rings (SSSR count). The van der Waals surface area contributed by atoms with Crippen molar-refractivity contribution in [3.8, 4) is 0 Å². The van der Waals surface area contributed by atoms with Crippen molar-refractivity contribution in [3.63, 3.8) is 0 Å². The van der Waals surface area contributed by atoms with Crippen molar-refractivity contribution >= 4 is 103 Å². The van der Waals surface area contributed by atoms with Crippen LogP contribution in [0, 0.1) is 0 Å². The van der Waals surface area contributed by atoms with Crippen LogP contribution < -0.4 is 0 Å². The van der Waals surface area contributed by atoms with Gasteiger partial charge in [-0.05, 0) is 24.3 Å². The zero-order valence-corrected chi connectivity index (χ0v) is 28.9. The third-order valence-corrected chi connectivity index (χ3v) is 12.1. The third kappa shape index (κ3) is 6.17. The zero-order valence-electron chi connectivity index (χ0n) is 23.2. The second-order valence-electron chi connectivity index (χ2n) is 10.8. The summed E-state index contributed by atoms with van der Waals surface area (Å²) in [6.45, 7) is -5.54. The van der Waals surface area contributed by atoms with E-state index in [1.165, 1.54) is 46.1 Å². The highest BCUT2D eigenvalue weighted by molar-refractivity contribution is 8.44. The number of thiol groups is 1. The van der Waals surface area contributed by atoms with Gasteiger partial charge in [0.2, 0.25) is 0 Å². The van der Waals surface area contributed by atoms with E-state index in [1.54, 1.807) is 0 Å². The lowest BCUT2D eigenvalue weighted by Gasteiger charge is -2.29. The number of aromatic nitrogens is 4. The summed E-state index contributed by atoms with van der Waals surface area (Å²) in [5, 5.41) is 0.893. The number of hydrogen-bond donors (Lipinski definition) is 1. The second kappa shape index (κ2) is 12.4. The fourth-order valence-corrected chi connectivity index (χ4v) is 8.91. The molecule has 2 aromatic heterocycles. The monoisotopic (exact) mass is 776 g/mol. The Morgan fingerprint density at radius 3 is 1.70 bits per heavy atom. The molecule has 246 valence electrons. The molecular formula is C24H21BCl4F2N4O8P2S. The van der Waals surface area contributed by atoms with Crippen LogP contribution in [0.2, 0.25) is 20.1 Å². The molecule has 46 heavy (non-hydrogen) atoms. The molecule has 3 saturated heterocycles. The molecule has 3 fully saturated rings. The summed E-state index contributed by atoms with van der Waals surface area (Å²) in [6, 6.07) is 5.99. The van der Waals surface area contributed by atoms with Crippen molar-refractivity contribution in [2.45, 2.75) is 49.2 Å². The first-order chi connectivity index (χ1) is 21.7. The van der Waals surface area contributed by atoms with Crippen molar-refractivity contribution in [1.29, 1.82) is 0 Å². The first-order valence-corrected chi connectivity index (χ1v) is 19.7. The molecule has 0 aliphatic carbocycles. The van der Waals surface area contributed by atoms with Crippen LogP contribution in [0.1, 0.15) is 12.5 Å². The summed E-state index contributed by atoms with van der Waals surface area (Å²) < 4.78 is 96.0. The van der Waals surface area contributed by atoms with E-state index >= 15 is 8.78 Å². The summed E-state index contributed by atoms with van der Waals surface area (Å²) >= 11 is 28.6. The number of rotatable bonds is 2. The predicted molar refractivity (Wildman–Crippen MR) is 172 cm³/mol. The minimum absolute atomic E-state index is 0.198. The molecule has 0 N–H and O–H groups in total. The minimum atomic E-state index is -4.37. The summed E-state index contributed by atoms with van der Waals surface area (Å²) in [7, 11) is -2.96. The molecule has 5 heterocycles. The summed E-state index contributed by atoms with van der Waals surface area (Å²) in [5.74, 6) is 0. The molecule has 2 aromatic carbocycles. The number of halogens is 6. The number of alkyl halides is 2. The molecule has 12 nitrogen and oxygen atoms in total. The van der Waals surface area contributed by atoms with Crippen molar-refractivity contribution < 1.29 is 45.5 Å². The summed E-state index contributed by atoms with van der Waals surface area (Å²) in [6.07, 6.45) is -9.73. The van der Waals surface area contributed by atoms with Crippen molar-refractivity contribution in [3.05, 3.63) is 57.0 Å². The van der Waals surface area contributed by atoms with Gasteiger partial charge in [0.25, 0.3) is 15.0 Å². The molecule has 0 spiro atoms. The van der Waals surface area contributed by atoms with Gasteiger partial charge in [0, 0.05) is 0 Å². The Kier molecular flexibility index (Phi) is 9.05. The van der Waals surface area contributed by atoms with E-state index in [-0.39, 0.29) is 20.1 Å². The van der Waals surface area contributed by atoms with Crippen LogP contribution in [0.25, 0.3) is 22.1 Å². The molecule has 0 bridgehead atoms. The van der Waals surface area contributed by atoms with Gasteiger partial charge in [0.15, 0.2) is 24.8 Å². The lowest BCUT2D eigenvalue weighted by molar-refractivity contribution is -0.0545. The zero-order chi connectivity index (χ0) is 32.7. The van der Waals surface area contributed by atoms with Crippen LogP contribution in [0.15, 0.2) is 36.9 Å². The van der Waals surface area contributed by atoms with E-state index in [0.717, 1.165) is 7.57 Å². The van der Waals surface area contributed by atoms with Crippen LogP contribution in [0.3, 0.4) is 0 Å². The topological polar surface area (TPSA) is 125 Å². The van der Waals surface area contributed by atoms with Crippen molar-refractivity contribution in [1.82, 2.24) is 19.1 Å². The van der Waals surface area contributed by atoms with Crippen LogP contribution >= 0.6 is 72.9 Å². The molecular weight excluding hydrogens is 757 g/mol. The van der Waals surface area contributed by atoms with Crippen LogP contribution in [-0.4, -0.2) is 76.6 Å². The fourth-order valence-electron chi connectivity index (χ4n) is 5.62. The van der Waals surface area contributed by atoms with E-state index < -0.39 is 76.7 Å². The fraction of sp³-hybridized carbons (Fsp3) is 0.417. The van der Waals surface area contributed by atoms with E-state index in [2.05, 4.69) is 22.2 Å². The van der Waals surface area contributed by atoms with Gasteiger partial charge in [-0.15, -0.1) is 0 Å². The Balaban J connectivity index is 1.16. The first-order valence-electron chi connectivity index (χ1n) is 13.5. The van der Waals surface area contributed by atoms with Gasteiger partial charge in [0.05, 0.1) is 68.0 Å². The minimum Gasteiger partial charge on any atom is -0.346 e. The quantitative estimate of drug-likeness (QED) is 0.133. The average Bonchev–Trinajstić information content (AvgIpc) is 3.72. The van der Waals surface area contributed by atoms with E-state index in [0.29, 0.717) is 22.1 Å². The van der Waals surface area contributed by atoms with Crippen molar-refractivity contribution in [2.24, 2.45) is 0 Å². The van der Waals surface area contributed by atoms with E-state index in [1.807, 2.05) is 0 Å². The predicted octanol–water partition coefficient (Wildman–Crippen LogP) is 6.77. The maximum Gasteiger partial charge on any atom is 0.386 e. The molecule has 3 aliphatic rings. The van der Waals surface area contributed by atoms with E-state index in [9.17, 15) is 9.13 Å². The standard InChI is InChI=1S/C24H21BCl4F2N4O8P2S/c25-44(36)38-5-17-22(20(31)24(40-17)35-8-33-14-2-10(27)12(29)4-16(14)35)43-45(37,46)39-6-18-21(42-44)19(30)23(41-18)34-7-32-13-1-9(26)11(28)3-15(13)34/h1-4,7-8,17-24H,5-6,25H2,(H,37,46)/t17-,18-,19?,20?,21?,22?,23-,24-,44?,45?/m1/s1. The maximum absolute atomic E-state index is 16.1. The van der Waals surface area contributed by atoms with Gasteiger partial charge in [-0.2, -0.15) is 0 Å². The molecule has 0 radical (unpaired) electrons. The normalized spacial score (nSPS) is 37.2. The number of benzene rings is 2. The summed E-state index contributed by atoms with van der Waals surface area (Å²) in [5.41, 5.74) is 1.60. The van der Waals surface area contributed by atoms with Gasteiger partial charge in [-0.3, -0.25) is 13.6 Å². The first kappa shape index (κ1) is 33.5. The van der Waals surface area contributed by atoms with Crippen LogP contribution in [0.4, 0.5) is 8.78 Å². The number of nitrogens with zero attached hydrogens (tertiary/aromatic N) is 4. The SMILES string of the molecule is BP1(=O)OC[C@H]2O[C@@H](n3cnc4cc(Cl)c(Cl)cc43)C(F)C2OP(=O)(S)OC[C@H]2O[C@@H](n3cnc4cc(Cl)c(Cl)cc43)C(F)C2O1. The number of ether oxygens (including phenoxy) is 2. The Hall–Kier alpha value is -0.965. The largest absolute Gasteiger partial charge is 0.386 e. The van der Waals surface area contributed by atoms with Gasteiger partial charge >= 0.3 is 6.80 Å². The molecule has 6 unspecified atom stereocenters. The van der Waals surface area contributed by atoms with Gasteiger partial charge in [0.1, 0.15) is 24.4 Å².